The molecule has 0 radical (unpaired) electrons. The monoisotopic (exact) mass is 300 g/mol. The molecule has 1 aliphatic rings. The third-order valence-electron chi connectivity index (χ3n) is 3.43. The van der Waals surface area contributed by atoms with Gasteiger partial charge in [-0.15, -0.1) is 11.8 Å². The number of hydrogen-bond acceptors (Lipinski definition) is 3. The fourth-order valence-corrected chi connectivity index (χ4v) is 2.88. The number of amides is 1. The third kappa shape index (κ3) is 4.18. The van der Waals surface area contributed by atoms with Crippen molar-refractivity contribution >= 4 is 17.7 Å². The maximum Gasteiger partial charge on any atom is 0.230 e. The van der Waals surface area contributed by atoms with Crippen molar-refractivity contribution < 1.29 is 13.6 Å². The van der Waals surface area contributed by atoms with Crippen LogP contribution in [0.3, 0.4) is 0 Å². The lowest BCUT2D eigenvalue weighted by molar-refractivity contribution is -0.119. The number of halogens is 2. The van der Waals surface area contributed by atoms with Gasteiger partial charge < -0.3 is 10.6 Å². The lowest BCUT2D eigenvalue weighted by atomic mass is 9.95. The standard InChI is InChI=1S/C14H18F2N2OS/c1-9-4-5-17-7-13(9)18-14(19)8-20-10-2-3-11(15)12(16)6-10/h2-3,6,9,13,17H,4-5,7-8H2,1H3,(H,18,19). The van der Waals surface area contributed by atoms with Gasteiger partial charge in [0.15, 0.2) is 11.6 Å². The second kappa shape index (κ2) is 7.04. The highest BCUT2D eigenvalue weighted by Crippen LogP contribution is 2.20. The molecule has 2 atom stereocenters. The van der Waals surface area contributed by atoms with Crippen LogP contribution >= 0.6 is 11.8 Å². The summed E-state index contributed by atoms with van der Waals surface area (Å²) in [5, 5.41) is 6.22. The van der Waals surface area contributed by atoms with Gasteiger partial charge in [-0.2, -0.15) is 0 Å². The molecule has 1 saturated heterocycles. The first-order chi connectivity index (χ1) is 9.56. The Balaban J connectivity index is 1.81. The SMILES string of the molecule is CC1CCNCC1NC(=O)CSc1ccc(F)c(F)c1. The molecule has 20 heavy (non-hydrogen) atoms. The molecule has 1 amide bonds. The maximum absolute atomic E-state index is 13.0. The number of carbonyl (C=O) groups is 1. The van der Waals surface area contributed by atoms with Crippen LogP contribution in [0.25, 0.3) is 0 Å². The van der Waals surface area contributed by atoms with Crippen LogP contribution < -0.4 is 10.6 Å². The summed E-state index contributed by atoms with van der Waals surface area (Å²) in [6, 6.07) is 3.80. The van der Waals surface area contributed by atoms with Gasteiger partial charge in [-0.25, -0.2) is 8.78 Å². The van der Waals surface area contributed by atoms with Crippen molar-refractivity contribution in [1.29, 1.82) is 0 Å². The highest BCUT2D eigenvalue weighted by atomic mass is 32.2. The highest BCUT2D eigenvalue weighted by Gasteiger charge is 2.22. The molecule has 0 saturated carbocycles. The zero-order valence-electron chi connectivity index (χ0n) is 11.3. The van der Waals surface area contributed by atoms with Crippen LogP contribution in [0.1, 0.15) is 13.3 Å². The summed E-state index contributed by atoms with van der Waals surface area (Å²) in [5.41, 5.74) is 0. The van der Waals surface area contributed by atoms with Crippen molar-refractivity contribution in [3.63, 3.8) is 0 Å². The molecule has 0 aromatic heterocycles. The van der Waals surface area contributed by atoms with Crippen molar-refractivity contribution in [1.82, 2.24) is 10.6 Å². The van der Waals surface area contributed by atoms with Gasteiger partial charge in [0.2, 0.25) is 5.91 Å². The Morgan fingerprint density at radius 2 is 2.25 bits per heavy atom. The summed E-state index contributed by atoms with van der Waals surface area (Å²) in [6.45, 7) is 3.88. The summed E-state index contributed by atoms with van der Waals surface area (Å²) in [6.07, 6.45) is 1.04. The number of nitrogens with one attached hydrogen (secondary N) is 2. The van der Waals surface area contributed by atoms with Crippen molar-refractivity contribution in [3.05, 3.63) is 29.8 Å². The van der Waals surface area contributed by atoms with E-state index in [1.54, 1.807) is 0 Å². The van der Waals surface area contributed by atoms with E-state index in [9.17, 15) is 13.6 Å². The number of hydrogen-bond donors (Lipinski definition) is 2. The number of carbonyl (C=O) groups excluding carboxylic acids is 1. The molecular weight excluding hydrogens is 282 g/mol. The zero-order valence-corrected chi connectivity index (χ0v) is 12.1. The first kappa shape index (κ1) is 15.3. The molecule has 1 fully saturated rings. The molecule has 2 N–H and O–H groups in total. The number of piperidine rings is 1. The smallest absolute Gasteiger partial charge is 0.230 e. The van der Waals surface area contributed by atoms with Crippen molar-refractivity contribution in [3.8, 4) is 0 Å². The quantitative estimate of drug-likeness (QED) is 0.837. The van der Waals surface area contributed by atoms with Crippen molar-refractivity contribution in [2.45, 2.75) is 24.3 Å². The first-order valence-electron chi connectivity index (χ1n) is 6.64. The van der Waals surface area contributed by atoms with Crippen LogP contribution in [0.15, 0.2) is 23.1 Å². The summed E-state index contributed by atoms with van der Waals surface area (Å²) < 4.78 is 25.8. The fourth-order valence-electron chi connectivity index (χ4n) is 2.15. The second-order valence-corrected chi connectivity index (χ2v) is 6.06. The van der Waals surface area contributed by atoms with E-state index in [0.29, 0.717) is 10.8 Å². The van der Waals surface area contributed by atoms with E-state index in [1.807, 2.05) is 0 Å². The maximum atomic E-state index is 13.0. The van der Waals surface area contributed by atoms with Crippen molar-refractivity contribution in [2.75, 3.05) is 18.8 Å². The Hall–Kier alpha value is -1.14. The minimum Gasteiger partial charge on any atom is -0.351 e. The minimum atomic E-state index is -0.888. The summed E-state index contributed by atoms with van der Waals surface area (Å²) in [5.74, 6) is -1.19. The van der Waals surface area contributed by atoms with E-state index < -0.39 is 11.6 Å². The molecule has 1 aromatic carbocycles. The van der Waals surface area contributed by atoms with Gasteiger partial charge in [0, 0.05) is 17.5 Å². The van der Waals surface area contributed by atoms with E-state index in [2.05, 4.69) is 17.6 Å². The molecule has 1 aromatic rings. The van der Waals surface area contributed by atoms with Crippen LogP contribution in [-0.4, -0.2) is 30.8 Å². The lowest BCUT2D eigenvalue weighted by Crippen LogP contribution is -2.50. The molecule has 110 valence electrons. The summed E-state index contributed by atoms with van der Waals surface area (Å²) in [7, 11) is 0. The summed E-state index contributed by atoms with van der Waals surface area (Å²) >= 11 is 1.20. The largest absolute Gasteiger partial charge is 0.351 e. The Bertz CT molecular complexity index is 484. The molecule has 2 unspecified atom stereocenters. The molecule has 1 heterocycles. The Kier molecular flexibility index (Phi) is 5.37. The van der Waals surface area contributed by atoms with Gasteiger partial charge in [-0.3, -0.25) is 4.79 Å². The number of thioether (sulfide) groups is 1. The van der Waals surface area contributed by atoms with Crippen LogP contribution in [0.5, 0.6) is 0 Å². The Labute approximate surface area is 121 Å². The molecule has 0 spiro atoms. The van der Waals surface area contributed by atoms with Gasteiger partial charge in [-0.1, -0.05) is 6.92 Å². The van der Waals surface area contributed by atoms with Crippen LogP contribution in [0, 0.1) is 17.6 Å². The second-order valence-electron chi connectivity index (χ2n) is 5.01. The predicted octanol–water partition coefficient (Wildman–Crippen LogP) is 2.17. The van der Waals surface area contributed by atoms with E-state index in [4.69, 9.17) is 0 Å². The van der Waals surface area contributed by atoms with E-state index in [0.717, 1.165) is 31.6 Å². The number of benzene rings is 1. The van der Waals surface area contributed by atoms with Gasteiger partial charge in [0.1, 0.15) is 0 Å². The normalized spacial score (nSPS) is 22.6. The Morgan fingerprint density at radius 1 is 1.45 bits per heavy atom. The molecular formula is C14H18F2N2OS. The van der Waals surface area contributed by atoms with Gasteiger partial charge in [-0.05, 0) is 37.1 Å². The topological polar surface area (TPSA) is 41.1 Å². The fraction of sp³-hybridized carbons (Fsp3) is 0.500. The first-order valence-corrected chi connectivity index (χ1v) is 7.63. The minimum absolute atomic E-state index is 0.0831. The van der Waals surface area contributed by atoms with Crippen LogP contribution in [-0.2, 0) is 4.79 Å². The van der Waals surface area contributed by atoms with Crippen molar-refractivity contribution in [2.24, 2.45) is 5.92 Å². The predicted molar refractivity (Wildman–Crippen MR) is 75.7 cm³/mol. The average molecular weight is 300 g/mol. The summed E-state index contributed by atoms with van der Waals surface area (Å²) in [4.78, 5) is 12.4. The van der Waals surface area contributed by atoms with E-state index >= 15 is 0 Å². The Morgan fingerprint density at radius 3 is 2.95 bits per heavy atom. The van der Waals surface area contributed by atoms with Gasteiger partial charge >= 0.3 is 0 Å². The molecule has 3 nitrogen and oxygen atoms in total. The van der Waals surface area contributed by atoms with Gasteiger partial charge in [0.05, 0.1) is 5.75 Å². The molecule has 2 rings (SSSR count). The molecule has 6 heteroatoms. The lowest BCUT2D eigenvalue weighted by Gasteiger charge is -2.30. The average Bonchev–Trinajstić information content (AvgIpc) is 2.43. The molecule has 1 aliphatic heterocycles. The third-order valence-corrected chi connectivity index (χ3v) is 4.43. The van der Waals surface area contributed by atoms with Crippen LogP contribution in [0.2, 0.25) is 0 Å². The highest BCUT2D eigenvalue weighted by molar-refractivity contribution is 8.00. The number of rotatable bonds is 4. The van der Waals surface area contributed by atoms with E-state index in [1.165, 1.54) is 17.8 Å². The molecule has 0 bridgehead atoms. The van der Waals surface area contributed by atoms with Gasteiger partial charge in [0.25, 0.3) is 0 Å². The van der Waals surface area contributed by atoms with Crippen LogP contribution in [0.4, 0.5) is 8.78 Å². The van der Waals surface area contributed by atoms with E-state index in [-0.39, 0.29) is 17.7 Å². The molecule has 0 aliphatic carbocycles. The zero-order chi connectivity index (χ0) is 14.5.